The van der Waals surface area contributed by atoms with E-state index in [0.717, 1.165) is 17.9 Å². The standard InChI is InChI=1S/C16H19N/c1-4-6-8-11-15(3)17(14-5-2)16-12-9-7-10-13-16/h4-13H,2-3,14H2,1H3/b6-4-,11-8-. The van der Waals surface area contributed by atoms with E-state index < -0.39 is 0 Å². The molecule has 1 nitrogen and oxygen atoms in total. The quantitative estimate of drug-likeness (QED) is 0.514. The van der Waals surface area contributed by atoms with Crippen molar-refractivity contribution < 1.29 is 0 Å². The Hall–Kier alpha value is -2.02. The van der Waals surface area contributed by atoms with Gasteiger partial charge >= 0.3 is 0 Å². The van der Waals surface area contributed by atoms with Crippen LogP contribution in [0.15, 0.2) is 79.6 Å². The van der Waals surface area contributed by atoms with Crippen LogP contribution in [0.4, 0.5) is 5.69 Å². The van der Waals surface area contributed by atoms with E-state index in [2.05, 4.69) is 30.2 Å². The summed E-state index contributed by atoms with van der Waals surface area (Å²) < 4.78 is 0. The zero-order valence-corrected chi connectivity index (χ0v) is 10.3. The molecule has 0 aliphatic rings. The van der Waals surface area contributed by atoms with E-state index in [1.807, 2.05) is 55.5 Å². The molecule has 17 heavy (non-hydrogen) atoms. The van der Waals surface area contributed by atoms with Crippen LogP contribution in [-0.2, 0) is 0 Å². The molecule has 0 aliphatic heterocycles. The summed E-state index contributed by atoms with van der Waals surface area (Å²) in [5, 5.41) is 0. The SMILES string of the molecule is C=CCN(C(=C)/C=C\C=C/C)c1ccccc1. The molecule has 0 atom stereocenters. The molecule has 1 heteroatoms. The van der Waals surface area contributed by atoms with Crippen LogP contribution in [0.3, 0.4) is 0 Å². The van der Waals surface area contributed by atoms with Gasteiger partial charge in [-0.25, -0.2) is 0 Å². The molecular formula is C16H19N. The summed E-state index contributed by atoms with van der Waals surface area (Å²) >= 11 is 0. The molecule has 0 spiro atoms. The van der Waals surface area contributed by atoms with E-state index in [9.17, 15) is 0 Å². The minimum Gasteiger partial charge on any atom is -0.338 e. The molecule has 0 bridgehead atoms. The van der Waals surface area contributed by atoms with Crippen LogP contribution in [0, 0.1) is 0 Å². The van der Waals surface area contributed by atoms with Crippen molar-refractivity contribution in [2.75, 3.05) is 11.4 Å². The Morgan fingerprint density at radius 1 is 1.24 bits per heavy atom. The van der Waals surface area contributed by atoms with E-state index in [1.54, 1.807) is 0 Å². The van der Waals surface area contributed by atoms with E-state index in [-0.39, 0.29) is 0 Å². The van der Waals surface area contributed by atoms with Crippen LogP contribution in [-0.4, -0.2) is 6.54 Å². The first kappa shape index (κ1) is 13.0. The Bertz CT molecular complexity index is 412. The first-order valence-electron chi connectivity index (χ1n) is 5.71. The summed E-state index contributed by atoms with van der Waals surface area (Å²) in [4.78, 5) is 2.12. The lowest BCUT2D eigenvalue weighted by Crippen LogP contribution is -2.20. The average molecular weight is 225 g/mol. The van der Waals surface area contributed by atoms with Crippen molar-refractivity contribution in [2.45, 2.75) is 6.92 Å². The van der Waals surface area contributed by atoms with Crippen LogP contribution in [0.2, 0.25) is 0 Å². The highest BCUT2D eigenvalue weighted by Gasteiger charge is 2.04. The Kier molecular flexibility index (Phi) is 5.59. The molecule has 0 saturated carbocycles. The van der Waals surface area contributed by atoms with Gasteiger partial charge in [0.15, 0.2) is 0 Å². The highest BCUT2D eigenvalue weighted by atomic mass is 15.1. The molecule has 0 unspecified atom stereocenters. The second-order valence-corrected chi connectivity index (χ2v) is 3.61. The van der Waals surface area contributed by atoms with Gasteiger partial charge in [-0.1, -0.05) is 49.1 Å². The molecular weight excluding hydrogens is 206 g/mol. The summed E-state index contributed by atoms with van der Waals surface area (Å²) in [5.74, 6) is 0. The number of allylic oxidation sites excluding steroid dienone is 4. The van der Waals surface area contributed by atoms with Crippen molar-refractivity contribution >= 4 is 5.69 Å². The lowest BCUT2D eigenvalue weighted by atomic mass is 10.2. The van der Waals surface area contributed by atoms with Gasteiger partial charge < -0.3 is 4.90 Å². The molecule has 0 amide bonds. The van der Waals surface area contributed by atoms with Crippen molar-refractivity contribution in [3.8, 4) is 0 Å². The zero-order chi connectivity index (χ0) is 12.5. The third-order valence-corrected chi connectivity index (χ3v) is 2.32. The molecule has 0 saturated heterocycles. The molecule has 1 aromatic rings. The number of hydrogen-bond acceptors (Lipinski definition) is 1. The van der Waals surface area contributed by atoms with Gasteiger partial charge in [0.05, 0.1) is 0 Å². The fraction of sp³-hybridized carbons (Fsp3) is 0.125. The van der Waals surface area contributed by atoms with Gasteiger partial charge in [0.2, 0.25) is 0 Å². The minimum atomic E-state index is 0.753. The Morgan fingerprint density at radius 2 is 1.94 bits per heavy atom. The zero-order valence-electron chi connectivity index (χ0n) is 10.3. The third-order valence-electron chi connectivity index (χ3n) is 2.32. The van der Waals surface area contributed by atoms with Gasteiger partial charge in [-0.15, -0.1) is 6.58 Å². The molecule has 1 rings (SSSR count). The molecule has 0 radical (unpaired) electrons. The van der Waals surface area contributed by atoms with Crippen molar-refractivity contribution in [1.29, 1.82) is 0 Å². The van der Waals surface area contributed by atoms with E-state index >= 15 is 0 Å². The average Bonchev–Trinajstić information content (AvgIpc) is 2.37. The number of benzene rings is 1. The lowest BCUT2D eigenvalue weighted by molar-refractivity contribution is 1.05. The number of para-hydroxylation sites is 1. The maximum absolute atomic E-state index is 4.08. The van der Waals surface area contributed by atoms with Crippen molar-refractivity contribution in [3.63, 3.8) is 0 Å². The van der Waals surface area contributed by atoms with Gasteiger partial charge in [-0.05, 0) is 25.1 Å². The molecule has 1 aromatic carbocycles. The molecule has 0 aromatic heterocycles. The Balaban J connectivity index is 2.86. The molecule has 0 aliphatic carbocycles. The summed E-state index contributed by atoms with van der Waals surface area (Å²) in [6, 6.07) is 10.2. The van der Waals surface area contributed by atoms with Crippen molar-refractivity contribution in [1.82, 2.24) is 0 Å². The van der Waals surface area contributed by atoms with E-state index in [1.165, 1.54) is 0 Å². The van der Waals surface area contributed by atoms with Crippen molar-refractivity contribution in [2.24, 2.45) is 0 Å². The fourth-order valence-electron chi connectivity index (χ4n) is 1.49. The van der Waals surface area contributed by atoms with Crippen LogP contribution in [0.5, 0.6) is 0 Å². The lowest BCUT2D eigenvalue weighted by Gasteiger charge is -2.23. The van der Waals surface area contributed by atoms with Crippen LogP contribution in [0.25, 0.3) is 0 Å². The highest BCUT2D eigenvalue weighted by molar-refractivity contribution is 5.54. The number of hydrogen-bond donors (Lipinski definition) is 0. The Morgan fingerprint density at radius 3 is 2.53 bits per heavy atom. The minimum absolute atomic E-state index is 0.753. The summed E-state index contributed by atoms with van der Waals surface area (Å²) in [5.41, 5.74) is 2.08. The second kappa shape index (κ2) is 7.29. The molecule has 0 N–H and O–H groups in total. The fourth-order valence-corrected chi connectivity index (χ4v) is 1.49. The van der Waals surface area contributed by atoms with Crippen LogP contribution < -0.4 is 4.90 Å². The Labute approximate surface area is 104 Å². The maximum atomic E-state index is 4.08. The second-order valence-electron chi connectivity index (χ2n) is 3.61. The maximum Gasteiger partial charge on any atom is 0.0413 e. The normalized spacial score (nSPS) is 10.9. The predicted molar refractivity (Wildman–Crippen MR) is 77.1 cm³/mol. The highest BCUT2D eigenvalue weighted by Crippen LogP contribution is 2.18. The van der Waals surface area contributed by atoms with E-state index in [0.29, 0.717) is 0 Å². The first-order chi connectivity index (χ1) is 8.29. The monoisotopic (exact) mass is 225 g/mol. The van der Waals surface area contributed by atoms with Gasteiger partial charge in [-0.3, -0.25) is 0 Å². The first-order valence-corrected chi connectivity index (χ1v) is 5.71. The molecule has 0 fully saturated rings. The summed E-state index contributed by atoms with van der Waals surface area (Å²) in [7, 11) is 0. The third kappa shape index (κ3) is 4.15. The summed E-state index contributed by atoms with van der Waals surface area (Å²) in [6.07, 6.45) is 9.84. The topological polar surface area (TPSA) is 3.24 Å². The largest absolute Gasteiger partial charge is 0.338 e. The van der Waals surface area contributed by atoms with Crippen LogP contribution in [0.1, 0.15) is 6.92 Å². The van der Waals surface area contributed by atoms with Gasteiger partial charge in [-0.2, -0.15) is 0 Å². The number of rotatable bonds is 6. The molecule has 88 valence electrons. The van der Waals surface area contributed by atoms with Gasteiger partial charge in [0.25, 0.3) is 0 Å². The smallest absolute Gasteiger partial charge is 0.0413 e. The predicted octanol–water partition coefficient (Wildman–Crippen LogP) is 4.33. The van der Waals surface area contributed by atoms with Gasteiger partial charge in [0, 0.05) is 17.9 Å². The molecule has 0 heterocycles. The van der Waals surface area contributed by atoms with Gasteiger partial charge in [0.1, 0.15) is 0 Å². The van der Waals surface area contributed by atoms with E-state index in [4.69, 9.17) is 0 Å². The summed E-state index contributed by atoms with van der Waals surface area (Å²) in [6.45, 7) is 10.6. The number of nitrogens with zero attached hydrogens (tertiary/aromatic N) is 1. The van der Waals surface area contributed by atoms with Crippen molar-refractivity contribution in [3.05, 3.63) is 79.6 Å². The number of anilines is 1. The van der Waals surface area contributed by atoms with Crippen LogP contribution >= 0.6 is 0 Å².